The van der Waals surface area contributed by atoms with E-state index < -0.39 is 0 Å². The summed E-state index contributed by atoms with van der Waals surface area (Å²) in [4.78, 5) is 13.6. The average Bonchev–Trinajstić information content (AvgIpc) is 3.29. The zero-order chi connectivity index (χ0) is 16.8. The molecule has 0 radical (unpaired) electrons. The Morgan fingerprint density at radius 2 is 1.92 bits per heavy atom. The third-order valence-corrected chi connectivity index (χ3v) is 4.66. The number of anilines is 1. The number of nitrogens with zero attached hydrogens (tertiary/aromatic N) is 1. The second kappa shape index (κ2) is 7.84. The molecule has 0 aliphatic heterocycles. The van der Waals surface area contributed by atoms with Gasteiger partial charge in [0.15, 0.2) is 0 Å². The van der Waals surface area contributed by atoms with Gasteiger partial charge in [0.25, 0.3) is 0 Å². The lowest BCUT2D eigenvalue weighted by molar-refractivity contribution is -0.116. The summed E-state index contributed by atoms with van der Waals surface area (Å²) in [5, 5.41) is 5.00. The summed E-state index contributed by atoms with van der Waals surface area (Å²) < 4.78 is 7.49. The van der Waals surface area contributed by atoms with Crippen LogP contribution in [0.1, 0.15) is 24.3 Å². The summed E-state index contributed by atoms with van der Waals surface area (Å²) in [6, 6.07) is 15.5. The average molecular weight is 340 g/mol. The van der Waals surface area contributed by atoms with E-state index in [-0.39, 0.29) is 11.9 Å². The number of carbonyl (C=O) groups is 1. The first-order valence-corrected chi connectivity index (χ1v) is 8.83. The Bertz CT molecular complexity index is 715. The number of thiophene rings is 1. The van der Waals surface area contributed by atoms with E-state index in [9.17, 15) is 4.79 Å². The SMILES string of the molecule is CCOc1ccc(NC(=O)C[C@H](c2cccs2)n2cccc2)cc1. The molecule has 24 heavy (non-hydrogen) atoms. The number of rotatable bonds is 7. The quantitative estimate of drug-likeness (QED) is 0.685. The third kappa shape index (κ3) is 4.06. The first-order valence-electron chi connectivity index (χ1n) is 7.95. The molecule has 3 aromatic rings. The molecule has 0 bridgehead atoms. The molecule has 3 rings (SSSR count). The Morgan fingerprint density at radius 3 is 2.54 bits per heavy atom. The predicted octanol–water partition coefficient (Wildman–Crippen LogP) is 4.57. The lowest BCUT2D eigenvalue weighted by Crippen LogP contribution is -2.19. The van der Waals surface area contributed by atoms with Crippen LogP contribution in [0.3, 0.4) is 0 Å². The molecule has 0 spiro atoms. The van der Waals surface area contributed by atoms with E-state index in [1.807, 2.05) is 67.2 Å². The number of nitrogens with one attached hydrogen (secondary N) is 1. The molecule has 0 fully saturated rings. The van der Waals surface area contributed by atoms with Gasteiger partial charge in [0.2, 0.25) is 5.91 Å². The van der Waals surface area contributed by atoms with Gasteiger partial charge in [-0.3, -0.25) is 4.79 Å². The smallest absolute Gasteiger partial charge is 0.226 e. The molecule has 0 aliphatic rings. The number of ether oxygens (including phenoxy) is 1. The molecule has 0 saturated carbocycles. The zero-order valence-electron chi connectivity index (χ0n) is 13.5. The molecule has 0 saturated heterocycles. The van der Waals surface area contributed by atoms with E-state index in [1.165, 1.54) is 4.88 Å². The minimum absolute atomic E-state index is 0.00809. The Kier molecular flexibility index (Phi) is 5.33. The molecule has 1 N–H and O–H groups in total. The minimum Gasteiger partial charge on any atom is -0.494 e. The van der Waals surface area contributed by atoms with Crippen LogP contribution in [-0.4, -0.2) is 17.1 Å². The van der Waals surface area contributed by atoms with Crippen molar-refractivity contribution in [1.29, 1.82) is 0 Å². The summed E-state index contributed by atoms with van der Waals surface area (Å²) >= 11 is 1.67. The van der Waals surface area contributed by atoms with Gasteiger partial charge >= 0.3 is 0 Å². The Morgan fingerprint density at radius 1 is 1.17 bits per heavy atom. The number of hydrogen-bond donors (Lipinski definition) is 1. The van der Waals surface area contributed by atoms with Crippen LogP contribution in [0.2, 0.25) is 0 Å². The number of benzene rings is 1. The van der Waals surface area contributed by atoms with Gasteiger partial charge in [-0.1, -0.05) is 6.07 Å². The molecule has 1 aromatic carbocycles. The highest BCUT2D eigenvalue weighted by atomic mass is 32.1. The standard InChI is InChI=1S/C19H20N2O2S/c1-2-23-16-9-7-15(8-10-16)20-19(22)14-17(18-6-5-13-24-18)21-11-3-4-12-21/h3-13,17H,2,14H2,1H3,(H,20,22)/t17-/m1/s1. The van der Waals surface area contributed by atoms with Crippen molar-refractivity contribution in [2.45, 2.75) is 19.4 Å². The monoisotopic (exact) mass is 340 g/mol. The van der Waals surface area contributed by atoms with E-state index in [2.05, 4.69) is 16.0 Å². The van der Waals surface area contributed by atoms with Crippen molar-refractivity contribution in [3.8, 4) is 5.75 Å². The normalized spacial score (nSPS) is 11.9. The van der Waals surface area contributed by atoms with Gasteiger partial charge in [0, 0.05) is 23.0 Å². The molecule has 0 aliphatic carbocycles. The van der Waals surface area contributed by atoms with E-state index in [0.29, 0.717) is 13.0 Å². The summed E-state index contributed by atoms with van der Waals surface area (Å²) in [6.07, 6.45) is 4.38. The van der Waals surface area contributed by atoms with Crippen molar-refractivity contribution in [3.63, 3.8) is 0 Å². The number of amides is 1. The highest BCUT2D eigenvalue weighted by Crippen LogP contribution is 2.27. The van der Waals surface area contributed by atoms with Crippen LogP contribution >= 0.6 is 11.3 Å². The van der Waals surface area contributed by atoms with Gasteiger partial charge < -0.3 is 14.6 Å². The summed E-state index contributed by atoms with van der Waals surface area (Å²) in [5.41, 5.74) is 0.779. The molecular formula is C19H20N2O2S. The Balaban J connectivity index is 1.67. The van der Waals surface area contributed by atoms with Crippen molar-refractivity contribution in [1.82, 2.24) is 4.57 Å². The van der Waals surface area contributed by atoms with Crippen LogP contribution in [-0.2, 0) is 4.79 Å². The maximum absolute atomic E-state index is 12.5. The van der Waals surface area contributed by atoms with Crippen molar-refractivity contribution >= 4 is 22.9 Å². The van der Waals surface area contributed by atoms with Gasteiger partial charge in [-0.15, -0.1) is 11.3 Å². The highest BCUT2D eigenvalue weighted by Gasteiger charge is 2.18. The first-order chi connectivity index (χ1) is 11.8. The lowest BCUT2D eigenvalue weighted by Gasteiger charge is -2.17. The largest absolute Gasteiger partial charge is 0.494 e. The van der Waals surface area contributed by atoms with Gasteiger partial charge in [-0.2, -0.15) is 0 Å². The molecule has 2 aromatic heterocycles. The molecular weight excluding hydrogens is 320 g/mol. The molecule has 0 unspecified atom stereocenters. The third-order valence-electron chi connectivity index (χ3n) is 3.69. The van der Waals surface area contributed by atoms with E-state index in [0.717, 1.165) is 11.4 Å². The fourth-order valence-electron chi connectivity index (χ4n) is 2.58. The van der Waals surface area contributed by atoms with Crippen molar-refractivity contribution in [2.24, 2.45) is 0 Å². The molecule has 124 valence electrons. The van der Waals surface area contributed by atoms with Crippen molar-refractivity contribution in [2.75, 3.05) is 11.9 Å². The zero-order valence-corrected chi connectivity index (χ0v) is 14.3. The molecule has 5 heteroatoms. The van der Waals surface area contributed by atoms with Crippen LogP contribution in [0.4, 0.5) is 5.69 Å². The van der Waals surface area contributed by atoms with Gasteiger partial charge in [-0.25, -0.2) is 0 Å². The number of aromatic nitrogens is 1. The second-order valence-corrected chi connectivity index (χ2v) is 6.35. The predicted molar refractivity (Wildman–Crippen MR) is 97.7 cm³/mol. The molecule has 1 amide bonds. The molecule has 1 atom stereocenters. The molecule has 4 nitrogen and oxygen atoms in total. The Labute approximate surface area is 145 Å². The van der Waals surface area contributed by atoms with E-state index in [1.54, 1.807) is 11.3 Å². The minimum atomic E-state index is -0.00809. The summed E-state index contributed by atoms with van der Waals surface area (Å²) in [7, 11) is 0. The maximum Gasteiger partial charge on any atom is 0.226 e. The fourth-order valence-corrected chi connectivity index (χ4v) is 3.41. The van der Waals surface area contributed by atoms with Crippen LogP contribution in [0.5, 0.6) is 5.75 Å². The first kappa shape index (κ1) is 16.3. The van der Waals surface area contributed by atoms with E-state index >= 15 is 0 Å². The van der Waals surface area contributed by atoms with Crippen molar-refractivity contribution < 1.29 is 9.53 Å². The highest BCUT2D eigenvalue weighted by molar-refractivity contribution is 7.10. The van der Waals surface area contributed by atoms with Gasteiger partial charge in [0.05, 0.1) is 19.1 Å². The Hall–Kier alpha value is -2.53. The summed E-state index contributed by atoms with van der Waals surface area (Å²) in [6.45, 7) is 2.58. The fraction of sp³-hybridized carbons (Fsp3) is 0.211. The van der Waals surface area contributed by atoms with Crippen LogP contribution in [0, 0.1) is 0 Å². The lowest BCUT2D eigenvalue weighted by atomic mass is 10.1. The second-order valence-electron chi connectivity index (χ2n) is 5.37. The summed E-state index contributed by atoms with van der Waals surface area (Å²) in [5.74, 6) is 0.797. The number of carbonyl (C=O) groups excluding carboxylic acids is 1. The van der Waals surface area contributed by atoms with Gasteiger partial charge in [-0.05, 0) is 54.8 Å². The van der Waals surface area contributed by atoms with Crippen LogP contribution < -0.4 is 10.1 Å². The number of hydrogen-bond acceptors (Lipinski definition) is 3. The van der Waals surface area contributed by atoms with Crippen LogP contribution in [0.15, 0.2) is 66.3 Å². The van der Waals surface area contributed by atoms with Crippen molar-refractivity contribution in [3.05, 3.63) is 71.2 Å². The molecule has 2 heterocycles. The van der Waals surface area contributed by atoms with E-state index in [4.69, 9.17) is 4.74 Å². The van der Waals surface area contributed by atoms with Crippen LogP contribution in [0.25, 0.3) is 0 Å². The topological polar surface area (TPSA) is 43.3 Å². The van der Waals surface area contributed by atoms with Gasteiger partial charge in [0.1, 0.15) is 5.75 Å². The maximum atomic E-state index is 12.5.